The van der Waals surface area contributed by atoms with Crippen molar-refractivity contribution in [1.82, 2.24) is 15.2 Å². The quantitative estimate of drug-likeness (QED) is 0.410. The van der Waals surface area contributed by atoms with Gasteiger partial charge in [0.25, 0.3) is 0 Å². The van der Waals surface area contributed by atoms with Crippen LogP contribution >= 0.6 is 0 Å². The zero-order valence-electron chi connectivity index (χ0n) is 11.3. The molecule has 1 aliphatic heterocycles. The van der Waals surface area contributed by atoms with Crippen molar-refractivity contribution in [3.63, 3.8) is 0 Å². The lowest BCUT2D eigenvalue weighted by molar-refractivity contribution is -0.121. The first kappa shape index (κ1) is 14.4. The molecule has 1 rings (SSSR count). The van der Waals surface area contributed by atoms with Crippen molar-refractivity contribution in [2.75, 3.05) is 27.2 Å². The number of nitrogens with one attached hydrogen (secondary N) is 1. The fraction of sp³-hybridized carbons (Fsp3) is 0.917. The summed E-state index contributed by atoms with van der Waals surface area (Å²) in [5.41, 5.74) is 2.18. The molecule has 0 aromatic heterocycles. The standard InChI is InChI=1S/C12H26N4O/c1-10(6-7-12(17)14-13)16-8-4-5-11(9-16)15(2)3/h10-11H,4-9,13H2,1-3H3,(H,14,17). The number of nitrogens with two attached hydrogens (primary N) is 1. The maximum atomic E-state index is 11.1. The van der Waals surface area contributed by atoms with Gasteiger partial charge in [-0.05, 0) is 46.8 Å². The molecule has 0 aromatic rings. The lowest BCUT2D eigenvalue weighted by Crippen LogP contribution is -2.48. The molecule has 17 heavy (non-hydrogen) atoms. The first-order chi connectivity index (χ1) is 8.04. The molecule has 0 radical (unpaired) electrons. The van der Waals surface area contributed by atoms with Crippen LogP contribution in [0.3, 0.4) is 0 Å². The average Bonchev–Trinajstić information content (AvgIpc) is 2.35. The summed E-state index contributed by atoms with van der Waals surface area (Å²) < 4.78 is 0. The van der Waals surface area contributed by atoms with E-state index in [0.717, 1.165) is 19.5 Å². The molecule has 0 aromatic carbocycles. The van der Waals surface area contributed by atoms with Gasteiger partial charge in [0, 0.05) is 25.0 Å². The number of hydrogen-bond donors (Lipinski definition) is 2. The predicted molar refractivity (Wildman–Crippen MR) is 69.3 cm³/mol. The number of amides is 1. The summed E-state index contributed by atoms with van der Waals surface area (Å²) in [4.78, 5) is 15.9. The van der Waals surface area contributed by atoms with Gasteiger partial charge in [0.1, 0.15) is 0 Å². The van der Waals surface area contributed by atoms with Gasteiger partial charge >= 0.3 is 0 Å². The van der Waals surface area contributed by atoms with Crippen LogP contribution in [0.1, 0.15) is 32.6 Å². The van der Waals surface area contributed by atoms with E-state index in [-0.39, 0.29) is 5.91 Å². The van der Waals surface area contributed by atoms with E-state index in [1.807, 2.05) is 0 Å². The van der Waals surface area contributed by atoms with Crippen LogP contribution in [-0.2, 0) is 4.79 Å². The second-order valence-electron chi connectivity index (χ2n) is 5.21. The molecule has 1 saturated heterocycles. The number of hydrazine groups is 1. The Labute approximate surface area is 104 Å². The van der Waals surface area contributed by atoms with E-state index in [0.29, 0.717) is 18.5 Å². The molecular formula is C12H26N4O. The topological polar surface area (TPSA) is 61.6 Å². The largest absolute Gasteiger partial charge is 0.305 e. The van der Waals surface area contributed by atoms with Crippen molar-refractivity contribution in [2.45, 2.75) is 44.7 Å². The van der Waals surface area contributed by atoms with Crippen LogP contribution < -0.4 is 11.3 Å². The Morgan fingerprint density at radius 3 is 2.88 bits per heavy atom. The minimum atomic E-state index is -0.0713. The molecule has 5 heteroatoms. The minimum absolute atomic E-state index is 0.0713. The van der Waals surface area contributed by atoms with Crippen LogP contribution in [-0.4, -0.2) is 55.0 Å². The lowest BCUT2D eigenvalue weighted by atomic mass is 10.0. The first-order valence-electron chi connectivity index (χ1n) is 6.44. The average molecular weight is 242 g/mol. The van der Waals surface area contributed by atoms with Gasteiger partial charge in [0.15, 0.2) is 0 Å². The summed E-state index contributed by atoms with van der Waals surface area (Å²) in [6.45, 7) is 4.45. The lowest BCUT2D eigenvalue weighted by Gasteiger charge is -2.39. The van der Waals surface area contributed by atoms with Gasteiger partial charge in [-0.1, -0.05) is 0 Å². The van der Waals surface area contributed by atoms with Crippen molar-refractivity contribution in [3.05, 3.63) is 0 Å². The Kier molecular flexibility index (Phi) is 5.88. The molecular weight excluding hydrogens is 216 g/mol. The van der Waals surface area contributed by atoms with Crippen LogP contribution in [0.5, 0.6) is 0 Å². The second-order valence-corrected chi connectivity index (χ2v) is 5.21. The predicted octanol–water partition coefficient (Wildman–Crippen LogP) is 0.171. The number of carbonyl (C=O) groups is 1. The minimum Gasteiger partial charge on any atom is -0.305 e. The Morgan fingerprint density at radius 1 is 1.59 bits per heavy atom. The number of nitrogens with zero attached hydrogens (tertiary/aromatic N) is 2. The van der Waals surface area contributed by atoms with Gasteiger partial charge in [-0.15, -0.1) is 0 Å². The Balaban J connectivity index is 2.35. The molecule has 3 N–H and O–H groups in total. The smallest absolute Gasteiger partial charge is 0.233 e. The van der Waals surface area contributed by atoms with E-state index in [1.54, 1.807) is 0 Å². The molecule has 1 amide bonds. The van der Waals surface area contributed by atoms with E-state index >= 15 is 0 Å². The van der Waals surface area contributed by atoms with E-state index in [1.165, 1.54) is 12.8 Å². The Hall–Kier alpha value is -0.650. The van der Waals surface area contributed by atoms with Crippen molar-refractivity contribution in [2.24, 2.45) is 5.84 Å². The van der Waals surface area contributed by atoms with E-state index in [4.69, 9.17) is 5.84 Å². The summed E-state index contributed by atoms with van der Waals surface area (Å²) in [5, 5.41) is 0. The zero-order valence-corrected chi connectivity index (χ0v) is 11.3. The van der Waals surface area contributed by atoms with Crippen molar-refractivity contribution in [1.29, 1.82) is 0 Å². The van der Waals surface area contributed by atoms with Gasteiger partial charge in [-0.2, -0.15) is 0 Å². The van der Waals surface area contributed by atoms with Gasteiger partial charge in [0.2, 0.25) is 5.91 Å². The maximum absolute atomic E-state index is 11.1. The third-order valence-corrected chi connectivity index (χ3v) is 3.73. The molecule has 1 fully saturated rings. The van der Waals surface area contributed by atoms with Crippen LogP contribution in [0.4, 0.5) is 0 Å². The molecule has 1 heterocycles. The van der Waals surface area contributed by atoms with Crippen LogP contribution in [0.2, 0.25) is 0 Å². The molecule has 0 saturated carbocycles. The second kappa shape index (κ2) is 6.93. The Bertz CT molecular complexity index is 245. The highest BCUT2D eigenvalue weighted by atomic mass is 16.2. The SMILES string of the molecule is CC(CCC(=O)NN)N1CCCC(N(C)C)C1. The van der Waals surface area contributed by atoms with Gasteiger partial charge in [-0.3, -0.25) is 15.1 Å². The number of rotatable bonds is 5. The van der Waals surface area contributed by atoms with Crippen LogP contribution in [0.15, 0.2) is 0 Å². The monoisotopic (exact) mass is 242 g/mol. The fourth-order valence-electron chi connectivity index (χ4n) is 2.40. The maximum Gasteiger partial charge on any atom is 0.233 e. The third kappa shape index (κ3) is 4.61. The first-order valence-corrected chi connectivity index (χ1v) is 6.44. The van der Waals surface area contributed by atoms with Crippen molar-refractivity contribution >= 4 is 5.91 Å². The molecule has 0 bridgehead atoms. The van der Waals surface area contributed by atoms with Gasteiger partial charge in [0.05, 0.1) is 0 Å². The van der Waals surface area contributed by atoms with Crippen LogP contribution in [0.25, 0.3) is 0 Å². The summed E-state index contributed by atoms with van der Waals surface area (Å²) in [6, 6.07) is 1.10. The normalized spacial score (nSPS) is 23.7. The molecule has 5 nitrogen and oxygen atoms in total. The third-order valence-electron chi connectivity index (χ3n) is 3.73. The summed E-state index contributed by atoms with van der Waals surface area (Å²) in [6.07, 6.45) is 3.92. The molecule has 2 atom stereocenters. The van der Waals surface area contributed by atoms with Crippen LogP contribution in [0, 0.1) is 0 Å². The van der Waals surface area contributed by atoms with Gasteiger partial charge < -0.3 is 4.90 Å². The highest BCUT2D eigenvalue weighted by Crippen LogP contribution is 2.18. The fourth-order valence-corrected chi connectivity index (χ4v) is 2.40. The highest BCUT2D eigenvalue weighted by Gasteiger charge is 2.24. The van der Waals surface area contributed by atoms with E-state index in [9.17, 15) is 4.79 Å². The molecule has 2 unspecified atom stereocenters. The highest BCUT2D eigenvalue weighted by molar-refractivity contribution is 5.75. The number of hydrogen-bond acceptors (Lipinski definition) is 4. The zero-order chi connectivity index (χ0) is 12.8. The number of piperidine rings is 1. The van der Waals surface area contributed by atoms with E-state index < -0.39 is 0 Å². The number of carbonyl (C=O) groups excluding carboxylic acids is 1. The number of likely N-dealkylation sites (N-methyl/N-ethyl adjacent to an activating group) is 1. The summed E-state index contributed by atoms with van der Waals surface area (Å²) in [7, 11) is 4.28. The van der Waals surface area contributed by atoms with Gasteiger partial charge in [-0.25, -0.2) is 5.84 Å². The van der Waals surface area contributed by atoms with Crippen molar-refractivity contribution < 1.29 is 4.79 Å². The summed E-state index contributed by atoms with van der Waals surface area (Å²) in [5.74, 6) is 5.01. The van der Waals surface area contributed by atoms with E-state index in [2.05, 4.69) is 36.2 Å². The molecule has 0 aliphatic carbocycles. The Morgan fingerprint density at radius 2 is 2.29 bits per heavy atom. The number of likely N-dealkylation sites (tertiary alicyclic amines) is 1. The molecule has 0 spiro atoms. The van der Waals surface area contributed by atoms with Crippen molar-refractivity contribution in [3.8, 4) is 0 Å². The summed E-state index contributed by atoms with van der Waals surface area (Å²) >= 11 is 0. The molecule has 100 valence electrons. The molecule has 1 aliphatic rings.